The minimum absolute atomic E-state index is 0.0381. The zero-order valence-corrected chi connectivity index (χ0v) is 14.3. The van der Waals surface area contributed by atoms with Crippen LogP contribution < -0.4 is 0 Å². The van der Waals surface area contributed by atoms with E-state index in [9.17, 15) is 4.79 Å². The maximum absolute atomic E-state index is 12.4. The molecule has 2 aliphatic heterocycles. The van der Waals surface area contributed by atoms with E-state index in [-0.39, 0.29) is 30.1 Å². The second kappa shape index (κ2) is 7.02. The number of fused-ring (bicyclic) bond motifs is 2. The van der Waals surface area contributed by atoms with E-state index >= 15 is 0 Å². The number of hydrogen-bond acceptors (Lipinski definition) is 4. The highest BCUT2D eigenvalue weighted by Gasteiger charge is 2.50. The highest BCUT2D eigenvalue weighted by molar-refractivity contribution is 5.74. The molecule has 2 saturated heterocycles. The summed E-state index contributed by atoms with van der Waals surface area (Å²) in [7, 11) is 3.61. The zero-order chi connectivity index (χ0) is 16.4. The van der Waals surface area contributed by atoms with E-state index in [4.69, 9.17) is 9.47 Å². The number of methoxy groups -OCH3 is 1. The monoisotopic (exact) mass is 317 g/mol. The smallest absolute Gasteiger partial charge is 0.312 e. The highest BCUT2D eigenvalue weighted by Crippen LogP contribution is 2.41. The SMILES string of the molecule is CCC(OC1CC2CCC(C1C(=O)OC)N2C)c1ccccc1. The number of piperidine rings is 1. The molecule has 0 saturated carbocycles. The predicted molar refractivity (Wildman–Crippen MR) is 89.0 cm³/mol. The van der Waals surface area contributed by atoms with Crippen LogP contribution in [-0.4, -0.2) is 43.2 Å². The van der Waals surface area contributed by atoms with Crippen molar-refractivity contribution in [2.75, 3.05) is 14.2 Å². The zero-order valence-electron chi connectivity index (χ0n) is 14.3. The van der Waals surface area contributed by atoms with Crippen molar-refractivity contribution in [1.82, 2.24) is 4.90 Å². The number of carbonyl (C=O) groups is 1. The summed E-state index contributed by atoms with van der Waals surface area (Å²) in [6.45, 7) is 2.13. The Morgan fingerprint density at radius 1 is 1.30 bits per heavy atom. The molecule has 0 N–H and O–H groups in total. The van der Waals surface area contributed by atoms with Crippen molar-refractivity contribution in [1.29, 1.82) is 0 Å². The highest BCUT2D eigenvalue weighted by atomic mass is 16.5. The van der Waals surface area contributed by atoms with Crippen molar-refractivity contribution < 1.29 is 14.3 Å². The average molecular weight is 317 g/mol. The summed E-state index contributed by atoms with van der Waals surface area (Å²) in [5.74, 6) is -0.309. The molecule has 0 aromatic heterocycles. The molecule has 4 nitrogen and oxygen atoms in total. The van der Waals surface area contributed by atoms with Crippen LogP contribution in [0.1, 0.15) is 44.3 Å². The van der Waals surface area contributed by atoms with Gasteiger partial charge in [-0.2, -0.15) is 0 Å². The van der Waals surface area contributed by atoms with Crippen LogP contribution in [0, 0.1) is 5.92 Å². The van der Waals surface area contributed by atoms with Gasteiger partial charge in [0.2, 0.25) is 0 Å². The van der Waals surface area contributed by atoms with Crippen LogP contribution in [0.3, 0.4) is 0 Å². The fourth-order valence-corrected chi connectivity index (χ4v) is 4.30. The fraction of sp³-hybridized carbons (Fsp3) is 0.632. The lowest BCUT2D eigenvalue weighted by Gasteiger charge is -2.42. The summed E-state index contributed by atoms with van der Waals surface area (Å²) in [6.07, 6.45) is 4.01. The van der Waals surface area contributed by atoms with E-state index in [2.05, 4.69) is 31.0 Å². The summed E-state index contributed by atoms with van der Waals surface area (Å²) < 4.78 is 11.6. The molecule has 0 amide bonds. The second-order valence-corrected chi connectivity index (χ2v) is 6.73. The molecule has 3 rings (SSSR count). The first-order valence-corrected chi connectivity index (χ1v) is 8.65. The summed E-state index contributed by atoms with van der Waals surface area (Å²) in [5.41, 5.74) is 1.19. The topological polar surface area (TPSA) is 38.8 Å². The van der Waals surface area contributed by atoms with Crippen molar-refractivity contribution in [3.63, 3.8) is 0 Å². The van der Waals surface area contributed by atoms with Crippen LogP contribution >= 0.6 is 0 Å². The van der Waals surface area contributed by atoms with E-state index in [0.717, 1.165) is 25.7 Å². The largest absolute Gasteiger partial charge is 0.469 e. The first kappa shape index (κ1) is 16.5. The summed E-state index contributed by atoms with van der Waals surface area (Å²) in [4.78, 5) is 14.7. The molecule has 5 atom stereocenters. The van der Waals surface area contributed by atoms with Gasteiger partial charge in [-0.25, -0.2) is 0 Å². The van der Waals surface area contributed by atoms with Gasteiger partial charge in [0.05, 0.1) is 25.2 Å². The Morgan fingerprint density at radius 2 is 2.04 bits per heavy atom. The van der Waals surface area contributed by atoms with E-state index in [1.165, 1.54) is 12.7 Å². The fourth-order valence-electron chi connectivity index (χ4n) is 4.30. The second-order valence-electron chi connectivity index (χ2n) is 6.73. The third-order valence-corrected chi connectivity index (χ3v) is 5.57. The minimum Gasteiger partial charge on any atom is -0.469 e. The molecule has 4 heteroatoms. The van der Waals surface area contributed by atoms with Crippen LogP contribution in [0.5, 0.6) is 0 Å². The first-order valence-electron chi connectivity index (χ1n) is 8.65. The van der Waals surface area contributed by atoms with Gasteiger partial charge >= 0.3 is 5.97 Å². The van der Waals surface area contributed by atoms with E-state index in [0.29, 0.717) is 6.04 Å². The molecule has 0 spiro atoms. The van der Waals surface area contributed by atoms with Crippen molar-refractivity contribution in [2.24, 2.45) is 5.92 Å². The van der Waals surface area contributed by atoms with Crippen molar-refractivity contribution in [2.45, 2.75) is 56.9 Å². The maximum Gasteiger partial charge on any atom is 0.312 e. The summed E-state index contributed by atoms with van der Waals surface area (Å²) >= 11 is 0. The molecular weight excluding hydrogens is 290 g/mol. The van der Waals surface area contributed by atoms with Crippen LogP contribution in [0.15, 0.2) is 30.3 Å². The van der Waals surface area contributed by atoms with E-state index < -0.39 is 0 Å². The Hall–Kier alpha value is -1.39. The Labute approximate surface area is 138 Å². The molecule has 1 aromatic rings. The molecule has 126 valence electrons. The Kier molecular flexibility index (Phi) is 5.02. The lowest BCUT2D eigenvalue weighted by atomic mass is 9.87. The molecule has 1 aromatic carbocycles. The Balaban J connectivity index is 1.80. The number of rotatable bonds is 5. The molecule has 2 bridgehead atoms. The van der Waals surface area contributed by atoms with Gasteiger partial charge < -0.3 is 9.47 Å². The average Bonchev–Trinajstić information content (AvgIpc) is 2.83. The third-order valence-electron chi connectivity index (χ3n) is 5.57. The molecule has 0 aliphatic carbocycles. The molecule has 0 radical (unpaired) electrons. The summed E-state index contributed by atoms with van der Waals surface area (Å²) in [6, 6.07) is 11.1. The lowest BCUT2D eigenvalue weighted by molar-refractivity contribution is -0.163. The van der Waals surface area contributed by atoms with Crippen molar-refractivity contribution in [3.05, 3.63) is 35.9 Å². The predicted octanol–water partition coefficient (Wildman–Crippen LogP) is 3.18. The van der Waals surface area contributed by atoms with Gasteiger partial charge in [0.1, 0.15) is 0 Å². The molecule has 2 aliphatic rings. The third kappa shape index (κ3) is 3.15. The molecule has 2 heterocycles. The van der Waals surface area contributed by atoms with Gasteiger partial charge in [0.25, 0.3) is 0 Å². The number of benzene rings is 1. The minimum atomic E-state index is -0.179. The quantitative estimate of drug-likeness (QED) is 0.782. The Morgan fingerprint density at radius 3 is 2.70 bits per heavy atom. The van der Waals surface area contributed by atoms with Crippen LogP contribution in [0.4, 0.5) is 0 Å². The number of esters is 1. The number of nitrogens with zero attached hydrogens (tertiary/aromatic N) is 1. The molecular formula is C19H27NO3. The summed E-state index contributed by atoms with van der Waals surface area (Å²) in [5, 5.41) is 0. The molecule has 2 fully saturated rings. The first-order chi connectivity index (χ1) is 11.2. The van der Waals surface area contributed by atoms with Gasteiger partial charge in [0.15, 0.2) is 0 Å². The molecule has 5 unspecified atom stereocenters. The number of hydrogen-bond donors (Lipinski definition) is 0. The van der Waals surface area contributed by atoms with Crippen LogP contribution in [0.2, 0.25) is 0 Å². The Bertz CT molecular complexity index is 533. The van der Waals surface area contributed by atoms with Gasteiger partial charge in [-0.05, 0) is 38.3 Å². The van der Waals surface area contributed by atoms with Gasteiger partial charge in [0, 0.05) is 12.1 Å². The molecule has 23 heavy (non-hydrogen) atoms. The maximum atomic E-state index is 12.4. The van der Waals surface area contributed by atoms with E-state index in [1.807, 2.05) is 18.2 Å². The number of ether oxygens (including phenoxy) is 2. The van der Waals surface area contributed by atoms with Crippen molar-refractivity contribution >= 4 is 5.97 Å². The van der Waals surface area contributed by atoms with Crippen molar-refractivity contribution in [3.8, 4) is 0 Å². The number of carbonyl (C=O) groups excluding carboxylic acids is 1. The van der Waals surface area contributed by atoms with Gasteiger partial charge in [-0.1, -0.05) is 37.3 Å². The van der Waals surface area contributed by atoms with Crippen LogP contribution in [0.25, 0.3) is 0 Å². The van der Waals surface area contributed by atoms with Crippen LogP contribution in [-0.2, 0) is 14.3 Å². The lowest BCUT2D eigenvalue weighted by Crippen LogP contribution is -2.53. The van der Waals surface area contributed by atoms with Gasteiger partial charge in [-0.3, -0.25) is 9.69 Å². The van der Waals surface area contributed by atoms with Gasteiger partial charge in [-0.15, -0.1) is 0 Å². The normalized spacial score (nSPS) is 31.8. The standard InChI is InChI=1S/C19H27NO3/c1-4-16(13-8-6-5-7-9-13)23-17-12-14-10-11-15(20(14)2)18(17)19(21)22-3/h5-9,14-18H,4,10-12H2,1-3H3. The van der Waals surface area contributed by atoms with E-state index in [1.54, 1.807) is 0 Å².